The van der Waals surface area contributed by atoms with Crippen molar-refractivity contribution < 1.29 is 9.13 Å². The molecule has 2 rings (SSSR count). The predicted octanol–water partition coefficient (Wildman–Crippen LogP) is 3.38. The molecule has 0 heterocycles. The Hall–Kier alpha value is -2.23. The molecule has 0 aliphatic heterocycles. The van der Waals surface area contributed by atoms with Gasteiger partial charge in [0.15, 0.2) is 0 Å². The standard InChI is InChI=1S/C16H19FN2O/c1-11-8-16(15(18)10-14(11)17)19-7-6-12-4-3-5-13(9-12)20-2/h3-5,8-10,19H,6-7,18H2,1-2H3. The third-order valence-corrected chi connectivity index (χ3v) is 3.19. The Morgan fingerprint density at radius 3 is 2.80 bits per heavy atom. The van der Waals surface area contributed by atoms with Crippen LogP contribution in [0.1, 0.15) is 11.1 Å². The van der Waals surface area contributed by atoms with Gasteiger partial charge in [-0.15, -0.1) is 0 Å². The molecule has 0 fully saturated rings. The molecular weight excluding hydrogens is 255 g/mol. The lowest BCUT2D eigenvalue weighted by Gasteiger charge is -2.11. The van der Waals surface area contributed by atoms with Crippen molar-refractivity contribution >= 4 is 11.4 Å². The first kappa shape index (κ1) is 14.2. The SMILES string of the molecule is COc1cccc(CCNc2cc(C)c(F)cc2N)c1. The molecule has 0 amide bonds. The summed E-state index contributed by atoms with van der Waals surface area (Å²) in [5.41, 5.74) is 8.75. The van der Waals surface area contributed by atoms with Gasteiger partial charge in [-0.25, -0.2) is 4.39 Å². The van der Waals surface area contributed by atoms with Crippen molar-refractivity contribution in [3.63, 3.8) is 0 Å². The summed E-state index contributed by atoms with van der Waals surface area (Å²) in [6.45, 7) is 2.45. The van der Waals surface area contributed by atoms with E-state index in [0.29, 0.717) is 11.3 Å². The molecule has 0 bridgehead atoms. The van der Waals surface area contributed by atoms with Crippen LogP contribution in [-0.4, -0.2) is 13.7 Å². The van der Waals surface area contributed by atoms with E-state index >= 15 is 0 Å². The average Bonchev–Trinajstić information content (AvgIpc) is 2.44. The maximum atomic E-state index is 13.3. The Kier molecular flexibility index (Phi) is 4.45. The van der Waals surface area contributed by atoms with Gasteiger partial charge in [0.25, 0.3) is 0 Å². The molecule has 0 aromatic heterocycles. The number of rotatable bonds is 5. The highest BCUT2D eigenvalue weighted by Gasteiger charge is 2.04. The molecular formula is C16H19FN2O. The van der Waals surface area contributed by atoms with Crippen molar-refractivity contribution in [2.24, 2.45) is 0 Å². The third kappa shape index (κ3) is 3.41. The molecule has 0 saturated carbocycles. The van der Waals surface area contributed by atoms with Crippen molar-refractivity contribution in [3.05, 3.63) is 53.3 Å². The van der Waals surface area contributed by atoms with E-state index in [2.05, 4.69) is 5.32 Å². The molecule has 3 nitrogen and oxygen atoms in total. The van der Waals surface area contributed by atoms with Gasteiger partial charge in [0.2, 0.25) is 0 Å². The summed E-state index contributed by atoms with van der Waals surface area (Å²) in [6.07, 6.45) is 0.840. The molecule has 0 aliphatic rings. The van der Waals surface area contributed by atoms with Crippen molar-refractivity contribution in [3.8, 4) is 5.75 Å². The first-order valence-corrected chi connectivity index (χ1v) is 6.52. The summed E-state index contributed by atoms with van der Waals surface area (Å²) in [4.78, 5) is 0. The zero-order valence-corrected chi connectivity index (χ0v) is 11.7. The van der Waals surface area contributed by atoms with Crippen molar-refractivity contribution in [2.75, 3.05) is 24.7 Å². The van der Waals surface area contributed by atoms with E-state index < -0.39 is 0 Å². The largest absolute Gasteiger partial charge is 0.497 e. The summed E-state index contributed by atoms with van der Waals surface area (Å²) in [7, 11) is 1.65. The lowest BCUT2D eigenvalue weighted by molar-refractivity contribution is 0.414. The Labute approximate surface area is 118 Å². The van der Waals surface area contributed by atoms with Gasteiger partial charge in [0, 0.05) is 6.54 Å². The molecule has 2 aromatic rings. The van der Waals surface area contributed by atoms with Gasteiger partial charge in [-0.3, -0.25) is 0 Å². The molecule has 0 aliphatic carbocycles. The monoisotopic (exact) mass is 274 g/mol. The van der Waals surface area contributed by atoms with Crippen molar-refractivity contribution in [1.29, 1.82) is 0 Å². The van der Waals surface area contributed by atoms with Gasteiger partial charge >= 0.3 is 0 Å². The fourth-order valence-corrected chi connectivity index (χ4v) is 2.02. The van der Waals surface area contributed by atoms with E-state index in [4.69, 9.17) is 10.5 Å². The minimum absolute atomic E-state index is 0.277. The van der Waals surface area contributed by atoms with E-state index in [9.17, 15) is 4.39 Å². The second-order valence-electron chi connectivity index (χ2n) is 4.72. The van der Waals surface area contributed by atoms with E-state index in [1.165, 1.54) is 11.6 Å². The van der Waals surface area contributed by atoms with Crippen LogP contribution < -0.4 is 15.8 Å². The van der Waals surface area contributed by atoms with Gasteiger partial charge in [-0.2, -0.15) is 0 Å². The van der Waals surface area contributed by atoms with Crippen LogP contribution in [0.3, 0.4) is 0 Å². The number of benzene rings is 2. The third-order valence-electron chi connectivity index (χ3n) is 3.19. The molecule has 0 saturated heterocycles. The smallest absolute Gasteiger partial charge is 0.128 e. The second-order valence-corrected chi connectivity index (χ2v) is 4.72. The van der Waals surface area contributed by atoms with Gasteiger partial charge in [-0.05, 0) is 48.7 Å². The van der Waals surface area contributed by atoms with Crippen LogP contribution in [0.5, 0.6) is 5.75 Å². The van der Waals surface area contributed by atoms with Crippen LogP contribution in [0.25, 0.3) is 0 Å². The van der Waals surface area contributed by atoms with Crippen molar-refractivity contribution in [1.82, 2.24) is 0 Å². The number of anilines is 2. The topological polar surface area (TPSA) is 47.3 Å². The quantitative estimate of drug-likeness (QED) is 0.822. The number of nitrogens with one attached hydrogen (secondary N) is 1. The van der Waals surface area contributed by atoms with Crippen molar-refractivity contribution in [2.45, 2.75) is 13.3 Å². The van der Waals surface area contributed by atoms with Crippen LogP contribution in [0.15, 0.2) is 36.4 Å². The molecule has 0 spiro atoms. The minimum Gasteiger partial charge on any atom is -0.497 e. The number of aryl methyl sites for hydroxylation is 1. The van der Waals surface area contributed by atoms with E-state index in [1.807, 2.05) is 24.3 Å². The number of hydrogen-bond donors (Lipinski definition) is 2. The molecule has 0 atom stereocenters. The molecule has 2 aromatic carbocycles. The van der Waals surface area contributed by atoms with Gasteiger partial charge in [-0.1, -0.05) is 12.1 Å². The molecule has 0 radical (unpaired) electrons. The first-order valence-electron chi connectivity index (χ1n) is 6.52. The zero-order valence-electron chi connectivity index (χ0n) is 11.7. The van der Waals surface area contributed by atoms with E-state index in [0.717, 1.165) is 24.4 Å². The fourth-order valence-electron chi connectivity index (χ4n) is 2.02. The van der Waals surface area contributed by atoms with Crippen LogP contribution in [0.2, 0.25) is 0 Å². The summed E-state index contributed by atoms with van der Waals surface area (Å²) in [6, 6.07) is 11.0. The summed E-state index contributed by atoms with van der Waals surface area (Å²) >= 11 is 0. The Morgan fingerprint density at radius 1 is 1.25 bits per heavy atom. The maximum Gasteiger partial charge on any atom is 0.128 e. The highest BCUT2D eigenvalue weighted by Crippen LogP contribution is 2.22. The Morgan fingerprint density at radius 2 is 2.05 bits per heavy atom. The minimum atomic E-state index is -0.277. The predicted molar refractivity (Wildman–Crippen MR) is 80.7 cm³/mol. The number of methoxy groups -OCH3 is 1. The molecule has 0 unspecified atom stereocenters. The van der Waals surface area contributed by atoms with Crippen LogP contribution in [0, 0.1) is 12.7 Å². The maximum absolute atomic E-state index is 13.3. The number of nitrogens with two attached hydrogens (primary N) is 1. The van der Waals surface area contributed by atoms with E-state index in [-0.39, 0.29) is 5.82 Å². The second kappa shape index (κ2) is 6.28. The summed E-state index contributed by atoms with van der Waals surface area (Å²) in [5.74, 6) is 0.570. The highest BCUT2D eigenvalue weighted by atomic mass is 19.1. The van der Waals surface area contributed by atoms with Crippen LogP contribution >= 0.6 is 0 Å². The van der Waals surface area contributed by atoms with Gasteiger partial charge in [0.05, 0.1) is 18.5 Å². The van der Waals surface area contributed by atoms with Gasteiger partial charge in [0.1, 0.15) is 11.6 Å². The average molecular weight is 274 g/mol. The number of halogens is 1. The first-order chi connectivity index (χ1) is 9.60. The lowest BCUT2D eigenvalue weighted by Crippen LogP contribution is -2.07. The normalized spacial score (nSPS) is 10.3. The molecule has 4 heteroatoms. The fraction of sp³-hybridized carbons (Fsp3) is 0.250. The Balaban J connectivity index is 1.97. The molecule has 20 heavy (non-hydrogen) atoms. The molecule has 106 valence electrons. The van der Waals surface area contributed by atoms with Gasteiger partial charge < -0.3 is 15.8 Å². The highest BCUT2D eigenvalue weighted by molar-refractivity contribution is 5.67. The summed E-state index contributed by atoms with van der Waals surface area (Å²) in [5, 5.41) is 3.23. The van der Waals surface area contributed by atoms with Crippen LogP contribution in [-0.2, 0) is 6.42 Å². The van der Waals surface area contributed by atoms with Crippen LogP contribution in [0.4, 0.5) is 15.8 Å². The Bertz CT molecular complexity index is 599. The number of ether oxygens (including phenoxy) is 1. The van der Waals surface area contributed by atoms with E-state index in [1.54, 1.807) is 20.1 Å². The zero-order chi connectivity index (χ0) is 14.5. The lowest BCUT2D eigenvalue weighted by atomic mass is 10.1. The summed E-state index contributed by atoms with van der Waals surface area (Å²) < 4.78 is 18.5. The number of hydrogen-bond acceptors (Lipinski definition) is 3. The molecule has 3 N–H and O–H groups in total. The number of nitrogen functional groups attached to an aromatic ring is 1.